The molecule has 2 amide bonds. The first-order valence-electron chi connectivity index (χ1n) is 10.7. The Balaban J connectivity index is 1.47. The van der Waals surface area contributed by atoms with Crippen molar-refractivity contribution in [2.75, 3.05) is 24.5 Å². The third-order valence-electron chi connectivity index (χ3n) is 6.06. The van der Waals surface area contributed by atoms with Gasteiger partial charge in [-0.3, -0.25) is 14.4 Å². The molecule has 2 heterocycles. The number of carbonyl (C=O) groups is 3. The molecule has 0 aromatic heterocycles. The molecule has 0 radical (unpaired) electrons. The summed E-state index contributed by atoms with van der Waals surface area (Å²) in [5, 5.41) is 0. The van der Waals surface area contributed by atoms with E-state index in [1.807, 2.05) is 0 Å². The van der Waals surface area contributed by atoms with E-state index in [-0.39, 0.29) is 36.2 Å². The minimum absolute atomic E-state index is 0.0200. The summed E-state index contributed by atoms with van der Waals surface area (Å²) in [5.41, 5.74) is 6.43. The average molecular weight is 472 g/mol. The fraction of sp³-hybridized carbons (Fsp3) is 0.348. The third kappa shape index (κ3) is 4.49. The van der Waals surface area contributed by atoms with Crippen LogP contribution in [0.2, 0.25) is 0 Å². The Hall–Kier alpha value is -3.24. The highest BCUT2D eigenvalue weighted by Gasteiger charge is 2.38. The van der Waals surface area contributed by atoms with Crippen LogP contribution in [0.5, 0.6) is 5.75 Å². The Morgan fingerprint density at radius 1 is 1.00 bits per heavy atom. The van der Waals surface area contributed by atoms with Gasteiger partial charge in [-0.05, 0) is 44.0 Å². The summed E-state index contributed by atoms with van der Waals surface area (Å²) in [6, 6.07) is 12.8. The summed E-state index contributed by atoms with van der Waals surface area (Å²) < 4.78 is 33.0. The Morgan fingerprint density at radius 3 is 2.24 bits per heavy atom. The lowest BCUT2D eigenvalue weighted by atomic mass is 9.95. The first-order valence-corrected chi connectivity index (χ1v) is 12.1. The minimum Gasteiger partial charge on any atom is -0.477 e. The largest absolute Gasteiger partial charge is 0.477 e. The second-order valence-electron chi connectivity index (χ2n) is 8.18. The highest BCUT2D eigenvalue weighted by molar-refractivity contribution is 7.89. The van der Waals surface area contributed by atoms with Crippen molar-refractivity contribution < 1.29 is 27.5 Å². The predicted octanol–water partition coefficient (Wildman–Crippen LogP) is 1.57. The fourth-order valence-electron chi connectivity index (χ4n) is 4.17. The maximum Gasteiger partial charge on any atom is 0.260 e. The Kier molecular flexibility index (Phi) is 6.22. The van der Waals surface area contributed by atoms with Crippen LogP contribution in [0, 0.1) is 5.92 Å². The van der Waals surface area contributed by atoms with Gasteiger partial charge in [0.05, 0.1) is 17.1 Å². The number of primary amides is 1. The zero-order valence-electron chi connectivity index (χ0n) is 18.1. The summed E-state index contributed by atoms with van der Waals surface area (Å²) in [4.78, 5) is 38.1. The van der Waals surface area contributed by atoms with Gasteiger partial charge in [-0.25, -0.2) is 8.42 Å². The average Bonchev–Trinajstić information content (AvgIpc) is 2.83. The van der Waals surface area contributed by atoms with E-state index in [0.29, 0.717) is 29.8 Å². The quantitative estimate of drug-likeness (QED) is 0.660. The van der Waals surface area contributed by atoms with Crippen molar-refractivity contribution in [1.29, 1.82) is 0 Å². The van der Waals surface area contributed by atoms with E-state index in [9.17, 15) is 22.8 Å². The van der Waals surface area contributed by atoms with Crippen LogP contribution in [-0.2, 0) is 19.6 Å². The van der Waals surface area contributed by atoms with E-state index >= 15 is 0 Å². The van der Waals surface area contributed by atoms with Gasteiger partial charge in [0.1, 0.15) is 5.75 Å². The van der Waals surface area contributed by atoms with Gasteiger partial charge in [0.25, 0.3) is 5.91 Å². The van der Waals surface area contributed by atoms with Gasteiger partial charge in [-0.1, -0.05) is 24.3 Å². The molecule has 33 heavy (non-hydrogen) atoms. The number of hydrogen-bond donors (Lipinski definition) is 1. The number of rotatable bonds is 5. The Labute approximate surface area is 192 Å². The summed E-state index contributed by atoms with van der Waals surface area (Å²) in [5.74, 6) is -0.952. The van der Waals surface area contributed by atoms with Crippen molar-refractivity contribution in [3.05, 3.63) is 54.1 Å². The summed E-state index contributed by atoms with van der Waals surface area (Å²) in [6.07, 6.45) is -0.239. The standard InChI is InChI=1S/C23H25N3O6S/c1-15(27)16-6-8-18(9-7-16)33(30,31)25-12-10-17(11-13-25)23(29)26-14-21(22(24)28)32-20-5-3-2-4-19(20)26/h2-9,17,21H,10-14H2,1H3,(H2,24,28). The number of hydrogen-bond acceptors (Lipinski definition) is 6. The zero-order chi connectivity index (χ0) is 23.8. The first-order chi connectivity index (χ1) is 15.7. The maximum absolute atomic E-state index is 13.3. The summed E-state index contributed by atoms with van der Waals surface area (Å²) in [7, 11) is -3.73. The number of para-hydroxylation sites is 2. The number of amides is 2. The molecule has 1 atom stereocenters. The number of anilines is 1. The van der Waals surface area contributed by atoms with Crippen LogP contribution >= 0.6 is 0 Å². The second-order valence-corrected chi connectivity index (χ2v) is 10.1. The summed E-state index contributed by atoms with van der Waals surface area (Å²) >= 11 is 0. The van der Waals surface area contributed by atoms with E-state index < -0.39 is 28.0 Å². The molecule has 2 aromatic rings. The Bertz CT molecular complexity index is 1190. The van der Waals surface area contributed by atoms with Crippen LogP contribution < -0.4 is 15.4 Å². The van der Waals surface area contributed by atoms with Crippen molar-refractivity contribution in [3.8, 4) is 5.75 Å². The van der Waals surface area contributed by atoms with E-state index in [1.54, 1.807) is 24.3 Å². The zero-order valence-corrected chi connectivity index (χ0v) is 19.0. The third-order valence-corrected chi connectivity index (χ3v) is 7.97. The highest BCUT2D eigenvalue weighted by Crippen LogP contribution is 2.35. The summed E-state index contributed by atoms with van der Waals surface area (Å²) in [6.45, 7) is 1.83. The van der Waals surface area contributed by atoms with E-state index in [2.05, 4.69) is 0 Å². The maximum atomic E-state index is 13.3. The Morgan fingerprint density at radius 2 is 1.64 bits per heavy atom. The molecule has 10 heteroatoms. The molecule has 2 N–H and O–H groups in total. The minimum atomic E-state index is -3.73. The molecule has 0 saturated carbocycles. The molecule has 174 valence electrons. The van der Waals surface area contributed by atoms with Crippen LogP contribution in [-0.4, -0.2) is 56.1 Å². The van der Waals surface area contributed by atoms with Crippen LogP contribution in [0.25, 0.3) is 0 Å². The van der Waals surface area contributed by atoms with E-state index in [4.69, 9.17) is 10.5 Å². The van der Waals surface area contributed by atoms with E-state index in [1.165, 1.54) is 40.4 Å². The smallest absolute Gasteiger partial charge is 0.260 e. The lowest BCUT2D eigenvalue weighted by Gasteiger charge is -2.37. The molecule has 2 aliphatic heterocycles. The monoisotopic (exact) mass is 471 g/mol. The first kappa shape index (κ1) is 22.9. The van der Waals surface area contributed by atoms with E-state index in [0.717, 1.165) is 0 Å². The van der Waals surface area contributed by atoms with Gasteiger partial charge in [0.2, 0.25) is 15.9 Å². The molecule has 4 rings (SSSR count). The molecule has 0 aliphatic carbocycles. The molecule has 9 nitrogen and oxygen atoms in total. The van der Waals surface area contributed by atoms with Gasteiger partial charge in [-0.15, -0.1) is 0 Å². The number of carbonyl (C=O) groups excluding carboxylic acids is 3. The van der Waals surface area contributed by atoms with Gasteiger partial charge >= 0.3 is 0 Å². The lowest BCUT2D eigenvalue weighted by Crippen LogP contribution is -2.52. The SMILES string of the molecule is CC(=O)c1ccc(S(=O)(=O)N2CCC(C(=O)N3CC(C(N)=O)Oc4ccccc43)CC2)cc1. The highest BCUT2D eigenvalue weighted by atomic mass is 32.2. The molecule has 2 aliphatic rings. The molecular formula is C23H25N3O6S. The van der Waals surface area contributed by atoms with Gasteiger partial charge in [0.15, 0.2) is 11.9 Å². The number of nitrogens with two attached hydrogens (primary N) is 1. The molecule has 1 fully saturated rings. The molecule has 0 bridgehead atoms. The van der Waals surface area contributed by atoms with Crippen molar-refractivity contribution in [2.24, 2.45) is 11.7 Å². The van der Waals surface area contributed by atoms with Gasteiger partial charge in [0, 0.05) is 24.6 Å². The number of ether oxygens (including phenoxy) is 1. The molecule has 1 saturated heterocycles. The van der Waals surface area contributed by atoms with Crippen LogP contribution in [0.3, 0.4) is 0 Å². The van der Waals surface area contributed by atoms with Crippen molar-refractivity contribution in [2.45, 2.75) is 30.8 Å². The topological polar surface area (TPSA) is 127 Å². The second kappa shape index (κ2) is 8.95. The number of ketones is 1. The number of fused-ring (bicyclic) bond motifs is 1. The number of Topliss-reactive ketones (excluding diaryl/α,β-unsaturated/α-hetero) is 1. The van der Waals surface area contributed by atoms with Crippen molar-refractivity contribution in [3.63, 3.8) is 0 Å². The van der Waals surface area contributed by atoms with Crippen LogP contribution in [0.1, 0.15) is 30.1 Å². The van der Waals surface area contributed by atoms with Crippen LogP contribution in [0.4, 0.5) is 5.69 Å². The van der Waals surface area contributed by atoms with Crippen molar-refractivity contribution in [1.82, 2.24) is 4.31 Å². The molecule has 0 spiro atoms. The number of benzene rings is 2. The lowest BCUT2D eigenvalue weighted by molar-refractivity contribution is -0.126. The number of sulfonamides is 1. The van der Waals surface area contributed by atoms with Gasteiger partial charge in [-0.2, -0.15) is 4.31 Å². The molecule has 2 aromatic carbocycles. The number of nitrogens with zero attached hydrogens (tertiary/aromatic N) is 2. The fourth-order valence-corrected chi connectivity index (χ4v) is 5.64. The molecule has 1 unspecified atom stereocenters. The van der Waals surface area contributed by atoms with Crippen molar-refractivity contribution >= 4 is 33.3 Å². The number of piperidine rings is 1. The van der Waals surface area contributed by atoms with Crippen LogP contribution in [0.15, 0.2) is 53.4 Å². The predicted molar refractivity (Wildman–Crippen MR) is 120 cm³/mol. The van der Waals surface area contributed by atoms with Gasteiger partial charge < -0.3 is 15.4 Å². The molecular weight excluding hydrogens is 446 g/mol. The normalized spacial score (nSPS) is 19.4.